The van der Waals surface area contributed by atoms with Crippen LogP contribution in [0, 0.1) is 0 Å². The molecule has 1 N–H and O–H groups in total. The number of rotatable bonds is 6. The van der Waals surface area contributed by atoms with Crippen LogP contribution in [0.2, 0.25) is 0 Å². The van der Waals surface area contributed by atoms with Crippen molar-refractivity contribution in [1.29, 1.82) is 0 Å². The molecule has 0 bridgehead atoms. The van der Waals surface area contributed by atoms with Gasteiger partial charge in [0.25, 0.3) is 0 Å². The average molecular weight is 311 g/mol. The molecule has 1 aliphatic rings. The molecule has 0 spiro atoms. The van der Waals surface area contributed by atoms with Crippen molar-refractivity contribution < 1.29 is 14.3 Å². The molecule has 0 aliphatic carbocycles. The third kappa shape index (κ3) is 3.52. The Balaban J connectivity index is 1.92. The molecule has 5 nitrogen and oxygen atoms in total. The Morgan fingerprint density at radius 2 is 1.83 bits per heavy atom. The van der Waals surface area contributed by atoms with Crippen LogP contribution >= 0.6 is 0 Å². The molecule has 1 heterocycles. The summed E-state index contributed by atoms with van der Waals surface area (Å²) in [5.74, 6) is 0. The highest BCUT2D eigenvalue weighted by atomic mass is 16.7. The second-order valence-electron chi connectivity index (χ2n) is 5.46. The van der Waals surface area contributed by atoms with E-state index in [0.717, 1.165) is 23.2 Å². The predicted octanol–water partition coefficient (Wildman–Crippen LogP) is 3.22. The van der Waals surface area contributed by atoms with Crippen molar-refractivity contribution in [3.63, 3.8) is 0 Å². The molecule has 0 saturated heterocycles. The summed E-state index contributed by atoms with van der Waals surface area (Å²) in [6, 6.07) is 13.9. The minimum absolute atomic E-state index is 0.329. The van der Waals surface area contributed by atoms with Crippen LogP contribution in [0.3, 0.4) is 0 Å². The number of ether oxygens (including phenoxy) is 2. The summed E-state index contributed by atoms with van der Waals surface area (Å²) >= 11 is 0. The molecule has 2 amide bonds. The van der Waals surface area contributed by atoms with Crippen LogP contribution in [0.1, 0.15) is 16.7 Å². The van der Waals surface area contributed by atoms with E-state index in [1.165, 1.54) is 5.56 Å². The molecule has 119 valence electrons. The van der Waals surface area contributed by atoms with Gasteiger partial charge in [-0.25, -0.2) is 4.79 Å². The summed E-state index contributed by atoms with van der Waals surface area (Å²) in [6.45, 7) is 0. The SMILES string of the molecule is COC(Cc1cc(Cc2ccccc2)cc2c1[N]C(=O)N2)OC. The first-order valence-electron chi connectivity index (χ1n) is 7.47. The molecule has 3 rings (SSSR count). The van der Waals surface area contributed by atoms with E-state index in [1.54, 1.807) is 14.2 Å². The molecular formula is C18H19N2O3. The molecule has 2 aromatic carbocycles. The number of nitrogens with zero attached hydrogens (tertiary/aromatic N) is 1. The Bertz CT molecular complexity index is 697. The predicted molar refractivity (Wildman–Crippen MR) is 88.0 cm³/mol. The normalized spacial score (nSPS) is 12.9. The van der Waals surface area contributed by atoms with Crippen molar-refractivity contribution >= 4 is 17.4 Å². The Morgan fingerprint density at radius 3 is 2.52 bits per heavy atom. The summed E-state index contributed by atoms with van der Waals surface area (Å²) in [6.07, 6.45) is 0.967. The lowest BCUT2D eigenvalue weighted by molar-refractivity contribution is -0.100. The number of hydrogen-bond donors (Lipinski definition) is 1. The van der Waals surface area contributed by atoms with Crippen molar-refractivity contribution in [3.05, 3.63) is 59.2 Å². The van der Waals surface area contributed by atoms with Crippen molar-refractivity contribution in [3.8, 4) is 0 Å². The lowest BCUT2D eigenvalue weighted by atomic mass is 9.99. The number of benzene rings is 2. The molecule has 0 saturated carbocycles. The minimum atomic E-state index is -0.364. The standard InChI is InChI=1S/C18H19N2O3/c1-22-16(23-2)11-14-9-13(8-12-6-4-3-5-7-12)10-15-17(14)20-18(21)19-15/h3-7,9-10,16H,8,11H2,1-2H3,(H,19,21). The fraction of sp³-hybridized carbons (Fsp3) is 0.278. The quantitative estimate of drug-likeness (QED) is 0.833. The Hall–Kier alpha value is -2.37. The van der Waals surface area contributed by atoms with Gasteiger partial charge in [-0.1, -0.05) is 36.4 Å². The fourth-order valence-corrected chi connectivity index (χ4v) is 2.76. The molecule has 0 aromatic heterocycles. The zero-order valence-corrected chi connectivity index (χ0v) is 13.2. The number of amides is 2. The number of fused-ring (bicyclic) bond motifs is 1. The Morgan fingerprint density at radius 1 is 1.09 bits per heavy atom. The number of methoxy groups -OCH3 is 2. The first-order valence-corrected chi connectivity index (χ1v) is 7.47. The summed E-state index contributed by atoms with van der Waals surface area (Å²) in [5, 5.41) is 6.85. The maximum atomic E-state index is 11.6. The third-order valence-corrected chi connectivity index (χ3v) is 3.87. The van der Waals surface area contributed by atoms with Gasteiger partial charge in [0.15, 0.2) is 6.29 Å². The van der Waals surface area contributed by atoms with Crippen molar-refractivity contribution in [2.75, 3.05) is 19.5 Å². The summed E-state index contributed by atoms with van der Waals surface area (Å²) < 4.78 is 10.6. The lowest BCUT2D eigenvalue weighted by Gasteiger charge is -2.16. The lowest BCUT2D eigenvalue weighted by Crippen LogP contribution is -2.17. The van der Waals surface area contributed by atoms with E-state index in [4.69, 9.17) is 9.47 Å². The summed E-state index contributed by atoms with van der Waals surface area (Å²) in [7, 11) is 3.20. The molecule has 1 aliphatic heterocycles. The average Bonchev–Trinajstić information content (AvgIpc) is 2.94. The first kappa shape index (κ1) is 15.5. The zero-order chi connectivity index (χ0) is 16.2. The van der Waals surface area contributed by atoms with Crippen LogP contribution in [0.15, 0.2) is 42.5 Å². The van der Waals surface area contributed by atoms with Gasteiger partial charge < -0.3 is 14.8 Å². The van der Waals surface area contributed by atoms with Crippen LogP contribution in [0.5, 0.6) is 0 Å². The highest BCUT2D eigenvalue weighted by Crippen LogP contribution is 2.34. The van der Waals surface area contributed by atoms with E-state index < -0.39 is 0 Å². The molecule has 0 unspecified atom stereocenters. The Kier molecular flexibility index (Phi) is 4.60. The number of anilines is 1. The van der Waals surface area contributed by atoms with Crippen LogP contribution in [-0.2, 0) is 22.3 Å². The van der Waals surface area contributed by atoms with Crippen LogP contribution < -0.4 is 10.6 Å². The van der Waals surface area contributed by atoms with Gasteiger partial charge in [0, 0.05) is 20.6 Å². The van der Waals surface area contributed by atoms with Gasteiger partial charge >= 0.3 is 6.03 Å². The van der Waals surface area contributed by atoms with Gasteiger partial charge in [0.2, 0.25) is 0 Å². The third-order valence-electron chi connectivity index (χ3n) is 3.87. The van der Waals surface area contributed by atoms with Gasteiger partial charge in [0.1, 0.15) is 0 Å². The van der Waals surface area contributed by atoms with Gasteiger partial charge in [-0.15, -0.1) is 0 Å². The molecule has 2 aromatic rings. The van der Waals surface area contributed by atoms with Crippen molar-refractivity contribution in [1.82, 2.24) is 5.32 Å². The molecule has 1 radical (unpaired) electrons. The second-order valence-corrected chi connectivity index (χ2v) is 5.46. The fourth-order valence-electron chi connectivity index (χ4n) is 2.76. The van der Waals surface area contributed by atoms with Gasteiger partial charge in [0.05, 0.1) is 11.4 Å². The maximum Gasteiger partial charge on any atom is 0.346 e. The molecule has 0 atom stereocenters. The number of carbonyl (C=O) groups is 1. The molecule has 0 fully saturated rings. The van der Waals surface area contributed by atoms with E-state index in [-0.39, 0.29) is 12.3 Å². The van der Waals surface area contributed by atoms with E-state index in [2.05, 4.69) is 28.8 Å². The number of carbonyl (C=O) groups excluding carboxylic acids is 1. The summed E-state index contributed by atoms with van der Waals surface area (Å²) in [5.41, 5.74) is 4.72. The van der Waals surface area contributed by atoms with Crippen LogP contribution in [0.4, 0.5) is 16.2 Å². The largest absolute Gasteiger partial charge is 0.356 e. The highest BCUT2D eigenvalue weighted by molar-refractivity contribution is 6.03. The van der Waals surface area contributed by atoms with E-state index in [1.807, 2.05) is 24.3 Å². The van der Waals surface area contributed by atoms with Gasteiger partial charge in [-0.05, 0) is 29.2 Å². The van der Waals surface area contributed by atoms with Crippen molar-refractivity contribution in [2.45, 2.75) is 19.1 Å². The number of urea groups is 1. The minimum Gasteiger partial charge on any atom is -0.356 e. The molecular weight excluding hydrogens is 292 g/mol. The van der Waals surface area contributed by atoms with E-state index in [9.17, 15) is 4.79 Å². The van der Waals surface area contributed by atoms with E-state index >= 15 is 0 Å². The number of hydrogen-bond acceptors (Lipinski definition) is 3. The first-order chi connectivity index (χ1) is 11.2. The summed E-state index contributed by atoms with van der Waals surface area (Å²) in [4.78, 5) is 11.6. The molecule has 5 heteroatoms. The topological polar surface area (TPSA) is 61.7 Å². The maximum absolute atomic E-state index is 11.6. The van der Waals surface area contributed by atoms with Crippen LogP contribution in [-0.4, -0.2) is 26.5 Å². The number of nitrogens with one attached hydrogen (secondary N) is 1. The van der Waals surface area contributed by atoms with E-state index in [0.29, 0.717) is 12.1 Å². The van der Waals surface area contributed by atoms with Gasteiger partial charge in [-0.2, -0.15) is 5.32 Å². The second kappa shape index (κ2) is 6.81. The highest BCUT2D eigenvalue weighted by Gasteiger charge is 2.24. The molecule has 23 heavy (non-hydrogen) atoms. The van der Waals surface area contributed by atoms with Crippen molar-refractivity contribution in [2.24, 2.45) is 0 Å². The smallest absolute Gasteiger partial charge is 0.346 e. The monoisotopic (exact) mass is 311 g/mol. The Labute approximate surface area is 135 Å². The van der Waals surface area contributed by atoms with Crippen LogP contribution in [0.25, 0.3) is 0 Å². The zero-order valence-electron chi connectivity index (χ0n) is 13.2. The van der Waals surface area contributed by atoms with Gasteiger partial charge in [-0.3, -0.25) is 0 Å².